The lowest BCUT2D eigenvalue weighted by Crippen LogP contribution is -2.22. The zero-order chi connectivity index (χ0) is 20.7. The summed E-state index contributed by atoms with van der Waals surface area (Å²) >= 11 is 0. The van der Waals surface area contributed by atoms with Crippen molar-refractivity contribution in [3.8, 4) is 17.1 Å². The lowest BCUT2D eigenvalue weighted by atomic mass is 9.94. The minimum absolute atomic E-state index is 0.0384. The highest BCUT2D eigenvalue weighted by Crippen LogP contribution is 2.33. The lowest BCUT2D eigenvalue weighted by Gasteiger charge is -2.14. The molecule has 0 radical (unpaired) electrons. The number of nitrogens with zero attached hydrogens (tertiary/aromatic N) is 1. The van der Waals surface area contributed by atoms with E-state index in [9.17, 15) is 9.59 Å². The Morgan fingerprint density at radius 3 is 2.43 bits per heavy atom. The number of carbonyl (C=O) groups excluding carboxylic acids is 2. The van der Waals surface area contributed by atoms with Gasteiger partial charge in [-0.05, 0) is 36.6 Å². The molecular weight excluding hydrogens is 362 g/mol. The Kier molecular flexibility index (Phi) is 7.57. The van der Waals surface area contributed by atoms with Gasteiger partial charge in [-0.3, -0.25) is 14.8 Å². The van der Waals surface area contributed by atoms with E-state index < -0.39 is 5.91 Å². The molecule has 28 heavy (non-hydrogen) atoms. The number of hydrogen-bond donors (Lipinski definition) is 3. The molecule has 2 amide bonds. The maximum atomic E-state index is 11.9. The Labute approximate surface area is 164 Å². The smallest absolute Gasteiger partial charge is 0.244 e. The summed E-state index contributed by atoms with van der Waals surface area (Å²) in [5.74, 6) is 0.832. The number of likely N-dealkylation sites (N-methyl/N-ethyl adjacent to an activating group) is 1. The van der Waals surface area contributed by atoms with Gasteiger partial charge in [0.25, 0.3) is 0 Å². The normalized spacial score (nSPS) is 11.9. The molecule has 1 atom stereocenters. The first-order valence-corrected chi connectivity index (χ1v) is 9.15. The van der Waals surface area contributed by atoms with Gasteiger partial charge in [0.2, 0.25) is 11.8 Å². The van der Waals surface area contributed by atoms with Gasteiger partial charge in [0.05, 0.1) is 19.2 Å². The van der Waals surface area contributed by atoms with Gasteiger partial charge < -0.3 is 14.5 Å². The molecule has 0 spiro atoms. The number of methoxy groups -OCH3 is 1. The molecule has 1 heterocycles. The first-order chi connectivity index (χ1) is 13.4. The average molecular weight is 389 g/mol. The molecule has 1 unspecified atom stereocenters. The van der Waals surface area contributed by atoms with Gasteiger partial charge in [0.1, 0.15) is 5.75 Å². The number of rotatable bonds is 9. The van der Waals surface area contributed by atoms with Gasteiger partial charge in [0.15, 0.2) is 11.7 Å². The molecule has 8 nitrogen and oxygen atoms in total. The largest absolute Gasteiger partial charge is 0.497 e. The maximum absolute atomic E-state index is 11.9. The van der Waals surface area contributed by atoms with Crippen LogP contribution in [0.3, 0.4) is 0 Å². The van der Waals surface area contributed by atoms with Gasteiger partial charge in [-0.25, -0.2) is 10.5 Å². The first kappa shape index (κ1) is 21.4. The van der Waals surface area contributed by atoms with Crippen LogP contribution in [0.5, 0.6) is 5.75 Å². The second kappa shape index (κ2) is 9.89. The monoisotopic (exact) mass is 389 g/mol. The van der Waals surface area contributed by atoms with Gasteiger partial charge in [-0.2, -0.15) is 0 Å². The number of nitrogens with one attached hydrogen (secondary N) is 2. The summed E-state index contributed by atoms with van der Waals surface area (Å²) in [6.07, 6.45) is 0.744. The third kappa shape index (κ3) is 5.56. The van der Waals surface area contributed by atoms with Crippen LogP contribution in [-0.4, -0.2) is 36.2 Å². The third-order valence-electron chi connectivity index (χ3n) is 4.33. The van der Waals surface area contributed by atoms with Crippen molar-refractivity contribution < 1.29 is 24.0 Å². The van der Waals surface area contributed by atoms with Gasteiger partial charge in [0, 0.05) is 24.9 Å². The molecule has 0 fully saturated rings. The van der Waals surface area contributed by atoms with Crippen LogP contribution in [0.4, 0.5) is 0 Å². The summed E-state index contributed by atoms with van der Waals surface area (Å²) in [6, 6.07) is 7.25. The van der Waals surface area contributed by atoms with E-state index >= 15 is 0 Å². The molecule has 0 saturated carbocycles. The van der Waals surface area contributed by atoms with Crippen LogP contribution in [0.15, 0.2) is 28.7 Å². The number of hydroxylamine groups is 1. The molecule has 0 aliphatic heterocycles. The highest BCUT2D eigenvalue weighted by atomic mass is 16.5. The minimum atomic E-state index is -0.511. The van der Waals surface area contributed by atoms with Crippen molar-refractivity contribution in [2.24, 2.45) is 5.92 Å². The fraction of sp³-hybridized carbons (Fsp3) is 0.450. The van der Waals surface area contributed by atoms with E-state index in [1.54, 1.807) is 31.8 Å². The van der Waals surface area contributed by atoms with Crippen LogP contribution in [0.1, 0.15) is 44.2 Å². The summed E-state index contributed by atoms with van der Waals surface area (Å²) in [4.78, 5) is 28.2. The second-order valence-electron chi connectivity index (χ2n) is 6.97. The highest BCUT2D eigenvalue weighted by Gasteiger charge is 2.26. The Morgan fingerprint density at radius 1 is 1.21 bits per heavy atom. The summed E-state index contributed by atoms with van der Waals surface area (Å²) in [7, 11) is 3.14. The van der Waals surface area contributed by atoms with Crippen LogP contribution in [0, 0.1) is 5.92 Å². The average Bonchev–Trinajstić information content (AvgIpc) is 3.10. The topological polar surface area (TPSA) is 114 Å². The molecule has 0 aliphatic rings. The molecule has 152 valence electrons. The van der Waals surface area contributed by atoms with Crippen molar-refractivity contribution in [3.63, 3.8) is 0 Å². The Morgan fingerprint density at radius 2 is 1.89 bits per heavy atom. The van der Waals surface area contributed by atoms with E-state index in [-0.39, 0.29) is 30.6 Å². The number of amides is 2. The summed E-state index contributed by atoms with van der Waals surface area (Å²) in [5, 5.41) is 11.5. The third-order valence-corrected chi connectivity index (χ3v) is 4.33. The van der Waals surface area contributed by atoms with E-state index in [0.29, 0.717) is 29.5 Å². The number of ether oxygens (including phenoxy) is 1. The Bertz CT molecular complexity index is 799. The van der Waals surface area contributed by atoms with Crippen molar-refractivity contribution in [1.29, 1.82) is 0 Å². The predicted octanol–water partition coefficient (Wildman–Crippen LogP) is 2.66. The van der Waals surface area contributed by atoms with Crippen molar-refractivity contribution in [1.82, 2.24) is 15.8 Å². The zero-order valence-electron chi connectivity index (χ0n) is 16.6. The van der Waals surface area contributed by atoms with Gasteiger partial charge in [-0.15, -0.1) is 0 Å². The number of carbonyl (C=O) groups is 2. The summed E-state index contributed by atoms with van der Waals surface area (Å²) in [5.41, 5.74) is 2.91. The van der Waals surface area contributed by atoms with Crippen molar-refractivity contribution in [2.45, 2.75) is 39.0 Å². The quantitative estimate of drug-likeness (QED) is 0.449. The Balaban J connectivity index is 2.45. The first-order valence-electron chi connectivity index (χ1n) is 9.15. The second-order valence-corrected chi connectivity index (χ2v) is 6.97. The standard InChI is InChI=1S/C20H27N3O5/c1-12(2)9-14(10-18(25)23-26)20-22-16(11-17(24)21-3)19(28-20)13-5-7-15(27-4)8-6-13/h5-8,12,14,26H,9-11H2,1-4H3,(H,21,24)(H,23,25). The van der Waals surface area contributed by atoms with Gasteiger partial charge >= 0.3 is 0 Å². The van der Waals surface area contributed by atoms with E-state index in [2.05, 4.69) is 10.3 Å². The SMILES string of the molecule is CNC(=O)Cc1nc(C(CC(=O)NO)CC(C)C)oc1-c1ccc(OC)cc1. The molecular formula is C20H27N3O5. The molecule has 0 saturated heterocycles. The molecule has 1 aromatic carbocycles. The fourth-order valence-electron chi connectivity index (χ4n) is 2.98. The van der Waals surface area contributed by atoms with Crippen molar-refractivity contribution in [2.75, 3.05) is 14.2 Å². The zero-order valence-corrected chi connectivity index (χ0v) is 16.6. The van der Waals surface area contributed by atoms with E-state index in [1.807, 2.05) is 26.0 Å². The predicted molar refractivity (Wildman–Crippen MR) is 103 cm³/mol. The number of oxazole rings is 1. The van der Waals surface area contributed by atoms with E-state index in [1.165, 1.54) is 0 Å². The lowest BCUT2D eigenvalue weighted by molar-refractivity contribution is -0.129. The number of hydrogen-bond acceptors (Lipinski definition) is 6. The van der Waals surface area contributed by atoms with Crippen LogP contribution in [0.25, 0.3) is 11.3 Å². The summed E-state index contributed by atoms with van der Waals surface area (Å²) in [6.45, 7) is 4.06. The highest BCUT2D eigenvalue weighted by molar-refractivity contribution is 5.80. The molecule has 2 rings (SSSR count). The molecule has 8 heteroatoms. The maximum Gasteiger partial charge on any atom is 0.244 e. The Hall–Kier alpha value is -2.87. The van der Waals surface area contributed by atoms with Crippen molar-refractivity contribution >= 4 is 11.8 Å². The molecule has 3 N–H and O–H groups in total. The van der Waals surface area contributed by atoms with Crippen LogP contribution in [0.2, 0.25) is 0 Å². The van der Waals surface area contributed by atoms with E-state index in [0.717, 1.165) is 5.56 Å². The number of aromatic nitrogens is 1. The van der Waals surface area contributed by atoms with E-state index in [4.69, 9.17) is 14.4 Å². The minimum Gasteiger partial charge on any atom is -0.497 e. The number of benzene rings is 1. The molecule has 0 aliphatic carbocycles. The summed E-state index contributed by atoms with van der Waals surface area (Å²) < 4.78 is 11.2. The molecule has 1 aromatic heterocycles. The van der Waals surface area contributed by atoms with Crippen LogP contribution in [-0.2, 0) is 16.0 Å². The molecule has 2 aromatic rings. The van der Waals surface area contributed by atoms with Crippen LogP contribution >= 0.6 is 0 Å². The van der Waals surface area contributed by atoms with Crippen molar-refractivity contribution in [3.05, 3.63) is 35.9 Å². The van der Waals surface area contributed by atoms with Crippen LogP contribution < -0.4 is 15.5 Å². The molecule has 0 bridgehead atoms. The fourth-order valence-corrected chi connectivity index (χ4v) is 2.98. The van der Waals surface area contributed by atoms with Gasteiger partial charge in [-0.1, -0.05) is 13.8 Å².